The molecule has 0 saturated heterocycles. The van der Waals surface area contributed by atoms with Gasteiger partial charge in [-0.2, -0.15) is 0 Å². The summed E-state index contributed by atoms with van der Waals surface area (Å²) in [4.78, 5) is 46.6. The molecule has 0 bridgehead atoms. The number of amides is 1. The normalized spacial score (nSPS) is 19.5. The van der Waals surface area contributed by atoms with Crippen molar-refractivity contribution in [3.8, 4) is 0 Å². The Balaban J connectivity index is 1.42. The van der Waals surface area contributed by atoms with Crippen LogP contribution < -0.4 is 10.9 Å². The number of hydrogen-bond acceptors (Lipinski definition) is 7. The van der Waals surface area contributed by atoms with Gasteiger partial charge >= 0.3 is 5.97 Å². The van der Waals surface area contributed by atoms with Crippen LogP contribution in [0.3, 0.4) is 0 Å². The zero-order chi connectivity index (χ0) is 24.0. The van der Waals surface area contributed by atoms with Gasteiger partial charge in [-0.15, -0.1) is 22.7 Å². The number of thiophene rings is 2. The molecule has 0 aliphatic heterocycles. The highest BCUT2D eigenvalue weighted by Crippen LogP contribution is 2.40. The molecule has 3 heterocycles. The zero-order valence-corrected chi connectivity index (χ0v) is 21.4. The van der Waals surface area contributed by atoms with E-state index in [1.165, 1.54) is 27.1 Å². The molecule has 0 fully saturated rings. The van der Waals surface area contributed by atoms with Crippen LogP contribution in [0.4, 0.5) is 5.00 Å². The molecule has 0 spiro atoms. The molecule has 3 aromatic heterocycles. The van der Waals surface area contributed by atoms with Crippen molar-refractivity contribution in [3.63, 3.8) is 0 Å². The number of rotatable bonds is 5. The summed E-state index contributed by atoms with van der Waals surface area (Å²) in [5.74, 6) is 0.407. The first-order valence-corrected chi connectivity index (χ1v) is 13.6. The Kier molecular flexibility index (Phi) is 6.33. The number of carbonyl (C=O) groups excluding carboxylic acids is 2. The van der Waals surface area contributed by atoms with E-state index in [4.69, 9.17) is 4.74 Å². The number of carbonyl (C=O) groups is 2. The lowest BCUT2D eigenvalue weighted by atomic mass is 9.88. The zero-order valence-electron chi connectivity index (χ0n) is 19.7. The van der Waals surface area contributed by atoms with E-state index < -0.39 is 5.97 Å². The highest BCUT2D eigenvalue weighted by atomic mass is 32.1. The van der Waals surface area contributed by atoms with Crippen LogP contribution >= 0.6 is 22.7 Å². The van der Waals surface area contributed by atoms with Gasteiger partial charge in [0.1, 0.15) is 16.4 Å². The van der Waals surface area contributed by atoms with Crippen molar-refractivity contribution >= 4 is 49.8 Å². The molecular formula is C25H29N3O4S2. The second kappa shape index (κ2) is 9.26. The molecule has 0 aromatic carbocycles. The van der Waals surface area contributed by atoms with E-state index in [2.05, 4.69) is 24.1 Å². The fraction of sp³-hybridized carbons (Fsp3) is 0.520. The first-order chi connectivity index (χ1) is 16.4. The fourth-order valence-corrected chi connectivity index (χ4v) is 7.81. The number of ether oxygens (including phenoxy) is 1. The molecule has 2 aliphatic carbocycles. The van der Waals surface area contributed by atoms with Crippen molar-refractivity contribution in [2.24, 2.45) is 11.8 Å². The molecular weight excluding hydrogens is 470 g/mol. The van der Waals surface area contributed by atoms with Crippen molar-refractivity contribution < 1.29 is 14.3 Å². The summed E-state index contributed by atoms with van der Waals surface area (Å²) < 4.78 is 6.67. The minimum atomic E-state index is -0.399. The number of hydrogen-bond donors (Lipinski definition) is 1. The standard InChI is InChI=1S/C25H29N3O4S2/c1-4-32-25(31)21-16-8-6-14(3)10-18(16)34-23(21)27-19(29)11-28-12-26-22-20(24(28)30)15-7-5-13(2)9-17(15)33-22/h12-14H,4-11H2,1-3H3,(H,27,29)/t13-,14-/m0/s1. The van der Waals surface area contributed by atoms with Gasteiger partial charge in [-0.05, 0) is 68.4 Å². The Morgan fingerprint density at radius 2 is 1.79 bits per heavy atom. The smallest absolute Gasteiger partial charge is 0.341 e. The lowest BCUT2D eigenvalue weighted by Crippen LogP contribution is -2.28. The maximum absolute atomic E-state index is 13.3. The summed E-state index contributed by atoms with van der Waals surface area (Å²) in [5.41, 5.74) is 2.41. The van der Waals surface area contributed by atoms with E-state index in [0.717, 1.165) is 59.4 Å². The fourth-order valence-electron chi connectivity index (χ4n) is 5.06. The number of aryl methyl sites for hydroxylation is 1. The van der Waals surface area contributed by atoms with Gasteiger partial charge in [0.15, 0.2) is 0 Å². The van der Waals surface area contributed by atoms with Crippen LogP contribution in [0, 0.1) is 11.8 Å². The van der Waals surface area contributed by atoms with Gasteiger partial charge in [-0.25, -0.2) is 9.78 Å². The molecule has 2 aliphatic rings. The van der Waals surface area contributed by atoms with E-state index in [1.807, 2.05) is 0 Å². The Labute approximate surface area is 206 Å². The van der Waals surface area contributed by atoms with E-state index in [1.54, 1.807) is 18.3 Å². The van der Waals surface area contributed by atoms with Crippen LogP contribution in [0.25, 0.3) is 10.2 Å². The van der Waals surface area contributed by atoms with Crippen molar-refractivity contribution in [3.05, 3.63) is 43.1 Å². The second-order valence-electron chi connectivity index (χ2n) is 9.53. The van der Waals surface area contributed by atoms with Crippen LogP contribution in [-0.4, -0.2) is 28.0 Å². The highest BCUT2D eigenvalue weighted by Gasteiger charge is 2.29. The van der Waals surface area contributed by atoms with Gasteiger partial charge in [0.05, 0.1) is 23.9 Å². The highest BCUT2D eigenvalue weighted by molar-refractivity contribution is 7.18. The molecule has 1 N–H and O–H groups in total. The average Bonchev–Trinajstić information content (AvgIpc) is 3.32. The average molecular weight is 500 g/mol. The molecule has 0 radical (unpaired) electrons. The Bertz CT molecular complexity index is 1340. The van der Waals surface area contributed by atoms with Crippen LogP contribution in [0.15, 0.2) is 11.1 Å². The molecule has 5 rings (SSSR count). The summed E-state index contributed by atoms with van der Waals surface area (Å²) in [7, 11) is 0. The van der Waals surface area contributed by atoms with E-state index in [-0.39, 0.29) is 24.6 Å². The maximum atomic E-state index is 13.3. The number of nitrogens with one attached hydrogen (secondary N) is 1. The number of esters is 1. The Morgan fingerprint density at radius 3 is 2.50 bits per heavy atom. The Morgan fingerprint density at radius 1 is 1.12 bits per heavy atom. The molecule has 7 nitrogen and oxygen atoms in total. The topological polar surface area (TPSA) is 90.3 Å². The van der Waals surface area contributed by atoms with Crippen LogP contribution in [0.5, 0.6) is 0 Å². The van der Waals surface area contributed by atoms with Crippen molar-refractivity contribution in [1.82, 2.24) is 9.55 Å². The SMILES string of the molecule is CCOC(=O)c1c(NC(=O)Cn2cnc3sc4c(c3c2=O)CC[C@H](C)C4)sc2c1CC[C@H](C)C2. The molecule has 0 unspecified atom stereocenters. The molecule has 2 atom stereocenters. The second-order valence-corrected chi connectivity index (χ2v) is 11.7. The minimum Gasteiger partial charge on any atom is -0.462 e. The number of fused-ring (bicyclic) bond motifs is 4. The van der Waals surface area contributed by atoms with Gasteiger partial charge in [0, 0.05) is 9.75 Å². The van der Waals surface area contributed by atoms with Crippen molar-refractivity contribution in [2.75, 3.05) is 11.9 Å². The van der Waals surface area contributed by atoms with E-state index in [9.17, 15) is 14.4 Å². The van der Waals surface area contributed by atoms with Crippen molar-refractivity contribution in [2.45, 2.75) is 65.8 Å². The maximum Gasteiger partial charge on any atom is 0.341 e. The third kappa shape index (κ3) is 4.20. The van der Waals surface area contributed by atoms with Crippen LogP contribution in [-0.2, 0) is 41.8 Å². The lowest BCUT2D eigenvalue weighted by Gasteiger charge is -2.18. The lowest BCUT2D eigenvalue weighted by molar-refractivity contribution is -0.116. The molecule has 34 heavy (non-hydrogen) atoms. The quantitative estimate of drug-likeness (QED) is 0.519. The van der Waals surface area contributed by atoms with Gasteiger partial charge in [0.25, 0.3) is 5.56 Å². The van der Waals surface area contributed by atoms with E-state index in [0.29, 0.717) is 27.8 Å². The van der Waals surface area contributed by atoms with Gasteiger partial charge in [-0.3, -0.25) is 14.2 Å². The number of anilines is 1. The summed E-state index contributed by atoms with van der Waals surface area (Å²) in [5, 5.41) is 4.08. The van der Waals surface area contributed by atoms with Crippen LogP contribution in [0.2, 0.25) is 0 Å². The third-order valence-electron chi connectivity index (χ3n) is 6.84. The number of aromatic nitrogens is 2. The van der Waals surface area contributed by atoms with Gasteiger partial charge in [0.2, 0.25) is 5.91 Å². The molecule has 0 saturated carbocycles. The van der Waals surface area contributed by atoms with Crippen molar-refractivity contribution in [1.29, 1.82) is 0 Å². The number of nitrogens with zero attached hydrogens (tertiary/aromatic N) is 2. The minimum absolute atomic E-state index is 0.149. The van der Waals surface area contributed by atoms with Gasteiger partial charge in [-0.1, -0.05) is 13.8 Å². The molecule has 1 amide bonds. The Hall–Kier alpha value is -2.52. The van der Waals surface area contributed by atoms with Gasteiger partial charge < -0.3 is 10.1 Å². The van der Waals surface area contributed by atoms with E-state index >= 15 is 0 Å². The largest absolute Gasteiger partial charge is 0.462 e. The summed E-state index contributed by atoms with van der Waals surface area (Å²) in [6.07, 6.45) is 7.09. The summed E-state index contributed by atoms with van der Waals surface area (Å²) >= 11 is 3.05. The predicted octanol–water partition coefficient (Wildman–Crippen LogP) is 4.58. The molecule has 3 aromatic rings. The molecule has 180 valence electrons. The summed E-state index contributed by atoms with van der Waals surface area (Å²) in [6, 6.07) is 0. The first kappa shape index (κ1) is 23.2. The first-order valence-electron chi connectivity index (χ1n) is 12.0. The predicted molar refractivity (Wildman–Crippen MR) is 135 cm³/mol. The molecule has 9 heteroatoms. The monoisotopic (exact) mass is 499 g/mol. The third-order valence-corrected chi connectivity index (χ3v) is 9.17. The van der Waals surface area contributed by atoms with Crippen LogP contribution in [0.1, 0.15) is 64.9 Å². The summed E-state index contributed by atoms with van der Waals surface area (Å²) in [6.45, 7) is 6.33.